The summed E-state index contributed by atoms with van der Waals surface area (Å²) in [5.41, 5.74) is 0.243. The van der Waals surface area contributed by atoms with Crippen LogP contribution in [-0.2, 0) is 9.53 Å². The molecule has 1 atom stereocenters. The smallest absolute Gasteiger partial charge is 0.328 e. The lowest BCUT2D eigenvalue weighted by atomic mass is 10.2. The number of pyridine rings is 1. The van der Waals surface area contributed by atoms with Crippen LogP contribution in [0, 0.1) is 0 Å². The number of carboxylic acids is 1. The Morgan fingerprint density at radius 2 is 2.35 bits per heavy atom. The molecule has 0 spiro atoms. The highest BCUT2D eigenvalue weighted by Gasteiger charge is 2.20. The number of amides is 1. The van der Waals surface area contributed by atoms with E-state index in [1.54, 1.807) is 0 Å². The van der Waals surface area contributed by atoms with Crippen molar-refractivity contribution in [2.24, 2.45) is 0 Å². The molecule has 1 rings (SSSR count). The van der Waals surface area contributed by atoms with E-state index in [0.29, 0.717) is 0 Å². The first-order chi connectivity index (χ1) is 8.04. The first-order valence-corrected chi connectivity index (χ1v) is 5.06. The van der Waals surface area contributed by atoms with Gasteiger partial charge in [-0.2, -0.15) is 0 Å². The van der Waals surface area contributed by atoms with E-state index in [0.717, 1.165) is 0 Å². The van der Waals surface area contributed by atoms with E-state index < -0.39 is 17.9 Å². The summed E-state index contributed by atoms with van der Waals surface area (Å²) in [7, 11) is 1.35. The second-order valence-corrected chi connectivity index (χ2v) is 3.57. The van der Waals surface area contributed by atoms with E-state index in [1.165, 1.54) is 25.4 Å². The van der Waals surface area contributed by atoms with Crippen LogP contribution in [0.2, 0.25) is 5.15 Å². The number of hydrogen-bond donors (Lipinski definition) is 2. The van der Waals surface area contributed by atoms with Gasteiger partial charge in [0.2, 0.25) is 0 Å². The zero-order valence-corrected chi connectivity index (χ0v) is 9.77. The maximum absolute atomic E-state index is 11.7. The molecule has 1 aromatic rings. The number of ether oxygens (including phenoxy) is 1. The number of halogens is 1. The van der Waals surface area contributed by atoms with Gasteiger partial charge in [0, 0.05) is 18.9 Å². The number of methoxy groups -OCH3 is 1. The van der Waals surface area contributed by atoms with Crippen molar-refractivity contribution >= 4 is 23.5 Å². The molecule has 92 valence electrons. The third-order valence-corrected chi connectivity index (χ3v) is 2.13. The quantitative estimate of drug-likeness (QED) is 0.754. The van der Waals surface area contributed by atoms with Crippen LogP contribution in [0.3, 0.4) is 0 Å². The fourth-order valence-corrected chi connectivity index (χ4v) is 1.30. The molecule has 1 aromatic heterocycles. The molecule has 0 aliphatic carbocycles. The molecule has 0 fully saturated rings. The maximum atomic E-state index is 11.7. The van der Waals surface area contributed by atoms with Gasteiger partial charge in [-0.25, -0.2) is 9.78 Å². The molecule has 0 aliphatic rings. The van der Waals surface area contributed by atoms with Gasteiger partial charge in [-0.3, -0.25) is 4.79 Å². The first kappa shape index (κ1) is 13.4. The van der Waals surface area contributed by atoms with Crippen LogP contribution in [0.4, 0.5) is 0 Å². The topological polar surface area (TPSA) is 88.5 Å². The molecule has 0 aromatic carbocycles. The lowest BCUT2D eigenvalue weighted by molar-refractivity contribution is -0.140. The van der Waals surface area contributed by atoms with Crippen LogP contribution in [0.5, 0.6) is 0 Å². The molecule has 17 heavy (non-hydrogen) atoms. The number of aliphatic carboxylic acids is 1. The minimum Gasteiger partial charge on any atom is -0.480 e. The molecule has 1 unspecified atom stereocenters. The monoisotopic (exact) mass is 258 g/mol. The number of hydrogen-bond acceptors (Lipinski definition) is 4. The van der Waals surface area contributed by atoms with Crippen molar-refractivity contribution in [2.45, 2.75) is 6.04 Å². The number of carbonyl (C=O) groups is 2. The number of carbonyl (C=O) groups excluding carboxylic acids is 1. The van der Waals surface area contributed by atoms with Gasteiger partial charge in [0.25, 0.3) is 5.91 Å². The van der Waals surface area contributed by atoms with Crippen molar-refractivity contribution < 1.29 is 19.4 Å². The summed E-state index contributed by atoms with van der Waals surface area (Å²) in [4.78, 5) is 26.2. The summed E-state index contributed by atoms with van der Waals surface area (Å²) in [6.45, 7) is -0.111. The molecule has 2 N–H and O–H groups in total. The molecule has 6 nitrogen and oxygen atoms in total. The predicted octanol–water partition coefficient (Wildman–Crippen LogP) is 0.564. The number of nitrogens with zero attached hydrogens (tertiary/aromatic N) is 1. The van der Waals surface area contributed by atoms with Gasteiger partial charge in [0.1, 0.15) is 5.15 Å². The van der Waals surface area contributed by atoms with Crippen LogP contribution in [0.1, 0.15) is 10.4 Å². The highest BCUT2D eigenvalue weighted by molar-refractivity contribution is 6.29. The number of carboxylic acid groups (broad SMARTS) is 1. The fraction of sp³-hybridized carbons (Fsp3) is 0.300. The Bertz CT molecular complexity index is 425. The van der Waals surface area contributed by atoms with Gasteiger partial charge in [-0.05, 0) is 12.1 Å². The summed E-state index contributed by atoms with van der Waals surface area (Å²) in [5.74, 6) is -1.71. The van der Waals surface area contributed by atoms with Gasteiger partial charge < -0.3 is 15.2 Å². The van der Waals surface area contributed by atoms with E-state index in [-0.39, 0.29) is 17.3 Å². The Balaban J connectivity index is 2.73. The molecule has 1 heterocycles. The molecule has 0 saturated carbocycles. The summed E-state index contributed by atoms with van der Waals surface area (Å²) in [5, 5.41) is 11.3. The van der Waals surface area contributed by atoms with Crippen LogP contribution in [-0.4, -0.2) is 41.7 Å². The van der Waals surface area contributed by atoms with Crippen LogP contribution in [0.15, 0.2) is 18.3 Å². The van der Waals surface area contributed by atoms with E-state index in [1.807, 2.05) is 0 Å². The Morgan fingerprint density at radius 1 is 1.65 bits per heavy atom. The molecule has 0 radical (unpaired) electrons. The number of rotatable bonds is 5. The van der Waals surface area contributed by atoms with E-state index >= 15 is 0 Å². The standard InChI is InChI=1S/C10H11ClN2O4/c1-17-5-7(10(15)16)13-9(14)6-2-3-12-8(11)4-6/h2-4,7H,5H2,1H3,(H,13,14)(H,15,16). The van der Waals surface area contributed by atoms with E-state index in [9.17, 15) is 9.59 Å². The van der Waals surface area contributed by atoms with Gasteiger partial charge in [0.05, 0.1) is 6.61 Å². The largest absolute Gasteiger partial charge is 0.480 e. The highest BCUT2D eigenvalue weighted by Crippen LogP contribution is 2.07. The third-order valence-electron chi connectivity index (χ3n) is 1.93. The summed E-state index contributed by atoms with van der Waals surface area (Å²) in [6, 6.07) is 1.69. The zero-order chi connectivity index (χ0) is 12.8. The molecule has 0 saturated heterocycles. The minimum absolute atomic E-state index is 0.111. The normalized spacial score (nSPS) is 11.9. The first-order valence-electron chi connectivity index (χ1n) is 4.68. The van der Waals surface area contributed by atoms with E-state index in [2.05, 4.69) is 10.3 Å². The Morgan fingerprint density at radius 3 is 2.88 bits per heavy atom. The summed E-state index contributed by atoms with van der Waals surface area (Å²) < 4.78 is 4.69. The van der Waals surface area contributed by atoms with Crippen molar-refractivity contribution in [2.75, 3.05) is 13.7 Å². The van der Waals surface area contributed by atoms with Gasteiger partial charge >= 0.3 is 5.97 Å². The maximum Gasteiger partial charge on any atom is 0.328 e. The third kappa shape index (κ3) is 4.01. The van der Waals surface area contributed by atoms with Crippen LogP contribution >= 0.6 is 11.6 Å². The van der Waals surface area contributed by atoms with Crippen LogP contribution in [0.25, 0.3) is 0 Å². The van der Waals surface area contributed by atoms with E-state index in [4.69, 9.17) is 21.4 Å². The SMILES string of the molecule is COCC(NC(=O)c1ccnc(Cl)c1)C(=O)O. The average molecular weight is 259 g/mol. The van der Waals surface area contributed by atoms with Crippen LogP contribution < -0.4 is 5.32 Å². The molecule has 0 aliphatic heterocycles. The molecule has 7 heteroatoms. The Labute approximate surface area is 103 Å². The lowest BCUT2D eigenvalue weighted by Gasteiger charge is -2.13. The van der Waals surface area contributed by atoms with Gasteiger partial charge in [0.15, 0.2) is 6.04 Å². The van der Waals surface area contributed by atoms with Crippen molar-refractivity contribution in [1.29, 1.82) is 0 Å². The summed E-state index contributed by atoms with van der Waals surface area (Å²) >= 11 is 5.62. The fourth-order valence-electron chi connectivity index (χ4n) is 1.13. The second kappa shape index (κ2) is 6.17. The summed E-state index contributed by atoms with van der Waals surface area (Å²) in [6.07, 6.45) is 1.36. The Kier molecular flexibility index (Phi) is 4.86. The molecular weight excluding hydrogens is 248 g/mol. The zero-order valence-electron chi connectivity index (χ0n) is 9.01. The van der Waals surface area contributed by atoms with Crippen molar-refractivity contribution in [3.63, 3.8) is 0 Å². The average Bonchev–Trinajstić information content (AvgIpc) is 2.28. The number of nitrogens with one attached hydrogen (secondary N) is 1. The van der Waals surface area contributed by atoms with Gasteiger partial charge in [-0.15, -0.1) is 0 Å². The minimum atomic E-state index is -1.17. The second-order valence-electron chi connectivity index (χ2n) is 3.19. The van der Waals surface area contributed by atoms with Crippen molar-refractivity contribution in [1.82, 2.24) is 10.3 Å². The van der Waals surface area contributed by atoms with Crippen molar-refractivity contribution in [3.05, 3.63) is 29.0 Å². The van der Waals surface area contributed by atoms with Crippen molar-refractivity contribution in [3.8, 4) is 0 Å². The predicted molar refractivity (Wildman–Crippen MR) is 60.0 cm³/mol. The lowest BCUT2D eigenvalue weighted by Crippen LogP contribution is -2.43. The molecule has 0 bridgehead atoms. The van der Waals surface area contributed by atoms with Gasteiger partial charge in [-0.1, -0.05) is 11.6 Å². The Hall–Kier alpha value is -1.66. The highest BCUT2D eigenvalue weighted by atomic mass is 35.5. The number of aromatic nitrogens is 1. The molecule has 1 amide bonds. The molecular formula is C10H11ClN2O4.